The van der Waals surface area contributed by atoms with E-state index in [0.717, 1.165) is 8.49 Å². The molecule has 1 amide bonds. The number of halogens is 1. The first-order valence-corrected chi connectivity index (χ1v) is 12.0. The number of methoxy groups -OCH3 is 1. The molecule has 5 rings (SSSR count). The molecule has 0 aliphatic heterocycles. The van der Waals surface area contributed by atoms with E-state index in [1.807, 2.05) is 12.1 Å². The molecule has 0 aliphatic carbocycles. The number of thiophene rings is 1. The summed E-state index contributed by atoms with van der Waals surface area (Å²) in [6.07, 6.45) is 2.66. The van der Waals surface area contributed by atoms with Crippen LogP contribution in [0.1, 0.15) is 15.2 Å². The number of aromatic nitrogens is 1. The van der Waals surface area contributed by atoms with Gasteiger partial charge in [-0.1, -0.05) is 23.5 Å². The van der Waals surface area contributed by atoms with E-state index in [-0.39, 0.29) is 16.9 Å². The van der Waals surface area contributed by atoms with Crippen molar-refractivity contribution in [1.82, 2.24) is 4.98 Å². The SMILES string of the molecule is COc1ccc2nc(N(/N=C/c3coc4ccccc4c3=O)C(=O)c3ccc(Br)s3)sc2c1. The van der Waals surface area contributed by atoms with Crippen molar-refractivity contribution in [2.45, 2.75) is 0 Å². The third kappa shape index (κ3) is 4.20. The van der Waals surface area contributed by atoms with Gasteiger partial charge >= 0.3 is 0 Å². The highest BCUT2D eigenvalue weighted by atomic mass is 79.9. The molecule has 3 aromatic heterocycles. The first kappa shape index (κ1) is 21.5. The van der Waals surface area contributed by atoms with E-state index < -0.39 is 0 Å². The Balaban J connectivity index is 1.59. The van der Waals surface area contributed by atoms with Crippen LogP contribution in [0.3, 0.4) is 0 Å². The number of thiazole rings is 1. The number of anilines is 1. The summed E-state index contributed by atoms with van der Waals surface area (Å²) >= 11 is 5.97. The number of rotatable bonds is 5. The Bertz CT molecular complexity index is 1590. The summed E-state index contributed by atoms with van der Waals surface area (Å²) in [5.41, 5.74) is 1.18. The zero-order valence-corrected chi connectivity index (χ0v) is 20.2. The number of hydrogen-bond acceptors (Lipinski definition) is 8. The third-order valence-electron chi connectivity index (χ3n) is 4.76. The van der Waals surface area contributed by atoms with Gasteiger partial charge in [0.15, 0.2) is 0 Å². The van der Waals surface area contributed by atoms with Gasteiger partial charge in [-0.05, 0) is 58.4 Å². The van der Waals surface area contributed by atoms with Crippen LogP contribution in [0.25, 0.3) is 21.2 Å². The molecule has 0 fully saturated rings. The van der Waals surface area contributed by atoms with Gasteiger partial charge in [-0.2, -0.15) is 10.1 Å². The molecule has 0 saturated carbocycles. The summed E-state index contributed by atoms with van der Waals surface area (Å²) < 4.78 is 12.5. The average molecular weight is 540 g/mol. The van der Waals surface area contributed by atoms with Crippen LogP contribution < -0.4 is 15.2 Å². The summed E-state index contributed by atoms with van der Waals surface area (Å²) in [5.74, 6) is 0.327. The van der Waals surface area contributed by atoms with E-state index in [4.69, 9.17) is 9.15 Å². The molecule has 0 spiro atoms. The third-order valence-corrected chi connectivity index (χ3v) is 7.37. The molecule has 0 N–H and O–H groups in total. The first-order valence-electron chi connectivity index (χ1n) is 9.62. The standard InChI is InChI=1S/C23H14BrN3O4S2/c1-30-14-6-7-16-19(10-14)33-23(26-16)27(22(29)18-8-9-20(24)32-18)25-11-13-12-31-17-5-3-2-4-15(17)21(13)28/h2-12H,1H3/b25-11+. The van der Waals surface area contributed by atoms with Crippen LogP contribution in [0.2, 0.25) is 0 Å². The summed E-state index contributed by atoms with van der Waals surface area (Å²) in [5, 5.41) is 6.37. The quantitative estimate of drug-likeness (QED) is 0.204. The van der Waals surface area contributed by atoms with Crippen molar-refractivity contribution in [1.29, 1.82) is 0 Å². The molecule has 0 aliphatic rings. The molecule has 0 saturated heterocycles. The Morgan fingerprint density at radius 3 is 2.82 bits per heavy atom. The van der Waals surface area contributed by atoms with E-state index >= 15 is 0 Å². The molecule has 5 aromatic rings. The summed E-state index contributed by atoms with van der Waals surface area (Å²) in [6, 6.07) is 15.9. The number of amides is 1. The topological polar surface area (TPSA) is 85.0 Å². The maximum absolute atomic E-state index is 13.3. The van der Waals surface area contributed by atoms with E-state index in [9.17, 15) is 9.59 Å². The number of nitrogens with zero attached hydrogens (tertiary/aromatic N) is 3. The Morgan fingerprint density at radius 2 is 2.03 bits per heavy atom. The Labute approximate surface area is 203 Å². The molecule has 3 heterocycles. The first-order chi connectivity index (χ1) is 16.0. The second-order valence-corrected chi connectivity index (χ2v) is 10.3. The molecule has 7 nitrogen and oxygen atoms in total. The maximum Gasteiger partial charge on any atom is 0.290 e. The highest BCUT2D eigenvalue weighted by Crippen LogP contribution is 2.33. The van der Waals surface area contributed by atoms with Crippen molar-refractivity contribution in [2.24, 2.45) is 5.10 Å². The van der Waals surface area contributed by atoms with E-state index in [2.05, 4.69) is 26.0 Å². The highest BCUT2D eigenvalue weighted by molar-refractivity contribution is 9.11. The number of hydrogen-bond donors (Lipinski definition) is 0. The van der Waals surface area contributed by atoms with E-state index in [1.165, 1.54) is 40.2 Å². The van der Waals surface area contributed by atoms with Gasteiger partial charge in [-0.3, -0.25) is 9.59 Å². The molecular weight excluding hydrogens is 526 g/mol. The predicted octanol–water partition coefficient (Wildman–Crippen LogP) is 5.92. The second kappa shape index (κ2) is 8.89. The predicted molar refractivity (Wildman–Crippen MR) is 135 cm³/mol. The normalized spacial score (nSPS) is 11.5. The van der Waals surface area contributed by atoms with E-state index in [0.29, 0.717) is 32.2 Å². The van der Waals surface area contributed by atoms with Crippen molar-refractivity contribution in [3.8, 4) is 5.75 Å². The number of benzene rings is 2. The van der Waals surface area contributed by atoms with E-state index in [1.54, 1.807) is 49.6 Å². The lowest BCUT2D eigenvalue weighted by Crippen LogP contribution is -2.25. The molecule has 0 atom stereocenters. The molecule has 33 heavy (non-hydrogen) atoms. The minimum atomic E-state index is -0.363. The lowest BCUT2D eigenvalue weighted by Gasteiger charge is -2.12. The van der Waals surface area contributed by atoms with Gasteiger partial charge in [-0.25, -0.2) is 4.98 Å². The number of carbonyl (C=O) groups excluding carboxylic acids is 1. The van der Waals surface area contributed by atoms with Gasteiger partial charge in [0.2, 0.25) is 10.6 Å². The fraction of sp³-hybridized carbons (Fsp3) is 0.0435. The fourth-order valence-corrected chi connectivity index (χ4v) is 5.40. The van der Waals surface area contributed by atoms with Crippen molar-refractivity contribution < 1.29 is 13.9 Å². The number of para-hydroxylation sites is 1. The monoisotopic (exact) mass is 539 g/mol. The molecular formula is C23H14BrN3O4S2. The molecule has 0 unspecified atom stereocenters. The zero-order valence-electron chi connectivity index (χ0n) is 17.0. The van der Waals surface area contributed by atoms with Crippen molar-refractivity contribution >= 4 is 77.0 Å². The molecule has 10 heteroatoms. The molecule has 0 bridgehead atoms. The van der Waals surface area contributed by atoms with Gasteiger partial charge in [0.1, 0.15) is 17.6 Å². The van der Waals surface area contributed by atoms with Crippen molar-refractivity contribution in [3.05, 3.63) is 85.3 Å². The number of carbonyl (C=O) groups is 1. The van der Waals surface area contributed by atoms with Gasteiger partial charge in [0.25, 0.3) is 5.91 Å². The lowest BCUT2D eigenvalue weighted by molar-refractivity contribution is 0.0991. The highest BCUT2D eigenvalue weighted by Gasteiger charge is 2.23. The van der Waals surface area contributed by atoms with Crippen molar-refractivity contribution in [2.75, 3.05) is 12.1 Å². The molecule has 2 aromatic carbocycles. The smallest absolute Gasteiger partial charge is 0.290 e. The number of ether oxygens (including phenoxy) is 1. The summed E-state index contributed by atoms with van der Waals surface area (Å²) in [4.78, 5) is 31.2. The Morgan fingerprint density at radius 1 is 1.18 bits per heavy atom. The minimum Gasteiger partial charge on any atom is -0.497 e. The lowest BCUT2D eigenvalue weighted by atomic mass is 10.2. The van der Waals surface area contributed by atoms with Crippen LogP contribution in [0.5, 0.6) is 5.75 Å². The van der Waals surface area contributed by atoms with Gasteiger partial charge < -0.3 is 9.15 Å². The van der Waals surface area contributed by atoms with Crippen LogP contribution in [0.4, 0.5) is 5.13 Å². The fourth-order valence-electron chi connectivity index (χ4n) is 3.13. The maximum atomic E-state index is 13.3. The van der Waals surface area contributed by atoms with Crippen LogP contribution in [-0.2, 0) is 0 Å². The average Bonchev–Trinajstić information content (AvgIpc) is 3.46. The minimum absolute atomic E-state index is 0.224. The summed E-state index contributed by atoms with van der Waals surface area (Å²) in [6.45, 7) is 0. The molecule has 164 valence electrons. The number of hydrazone groups is 1. The van der Waals surface area contributed by atoms with Crippen molar-refractivity contribution in [3.63, 3.8) is 0 Å². The second-order valence-electron chi connectivity index (χ2n) is 6.81. The Hall–Kier alpha value is -3.34. The van der Waals surface area contributed by atoms with Gasteiger partial charge in [0.05, 0.1) is 43.2 Å². The van der Waals surface area contributed by atoms with Gasteiger partial charge in [-0.15, -0.1) is 11.3 Å². The molecule has 0 radical (unpaired) electrons. The largest absolute Gasteiger partial charge is 0.497 e. The van der Waals surface area contributed by atoms with Crippen LogP contribution >= 0.6 is 38.6 Å². The number of fused-ring (bicyclic) bond motifs is 2. The van der Waals surface area contributed by atoms with Crippen LogP contribution in [-0.4, -0.2) is 24.2 Å². The Kier molecular flexibility index (Phi) is 5.79. The van der Waals surface area contributed by atoms with Gasteiger partial charge in [0, 0.05) is 0 Å². The summed E-state index contributed by atoms with van der Waals surface area (Å²) in [7, 11) is 1.59. The van der Waals surface area contributed by atoms with Crippen LogP contribution in [0, 0.1) is 0 Å². The van der Waals surface area contributed by atoms with Crippen LogP contribution in [0.15, 0.2) is 79.0 Å². The zero-order chi connectivity index (χ0) is 22.9.